The summed E-state index contributed by atoms with van der Waals surface area (Å²) in [6, 6.07) is 5.80. The smallest absolute Gasteiger partial charge is 0.479 e. The standard InChI is InChI=1S/C11H13N3O6S/c1-2-12(8-6-4-3-5-7-8)9(10(15)16)11(21,13(17)18)14(19)20/h3-7,9,21H,2H2,1H3,(H,15,16)/t9-/m1/s1. The molecule has 0 saturated carbocycles. The first-order chi connectivity index (χ1) is 9.76. The average Bonchev–Trinajstić information content (AvgIpc) is 2.43. The van der Waals surface area contributed by atoms with Crippen LogP contribution in [0, 0.1) is 20.2 Å². The lowest BCUT2D eigenvalue weighted by Crippen LogP contribution is -2.62. The minimum absolute atomic E-state index is 0.0188. The third-order valence-electron chi connectivity index (χ3n) is 2.88. The number of para-hydroxylation sites is 1. The molecule has 9 nitrogen and oxygen atoms in total. The summed E-state index contributed by atoms with van der Waals surface area (Å²) in [5.74, 6) is -1.70. The van der Waals surface area contributed by atoms with E-state index in [2.05, 4.69) is 12.6 Å². The number of anilines is 1. The summed E-state index contributed by atoms with van der Waals surface area (Å²) in [5, 5.41) is 31.4. The molecule has 0 unspecified atom stereocenters. The Labute approximate surface area is 124 Å². The maximum Gasteiger partial charge on any atom is 0.533 e. The summed E-state index contributed by atoms with van der Waals surface area (Å²) in [6.45, 7) is 1.56. The van der Waals surface area contributed by atoms with E-state index < -0.39 is 26.9 Å². The molecule has 1 aromatic rings. The SMILES string of the molecule is CCN(c1ccccc1)[C@H](C(=O)O)C(S)([N+](=O)[O-])[N+](=O)[O-]. The molecule has 0 aliphatic rings. The van der Waals surface area contributed by atoms with Gasteiger partial charge in [-0.25, -0.2) is 4.79 Å². The second-order valence-corrected chi connectivity index (χ2v) is 4.72. The molecule has 1 N–H and O–H groups in total. The molecule has 0 amide bonds. The molecular weight excluding hydrogens is 302 g/mol. The molecule has 0 aromatic heterocycles. The molecule has 114 valence electrons. The Kier molecular flexibility index (Phi) is 5.08. The molecule has 1 rings (SSSR count). The number of nitrogens with zero attached hydrogens (tertiary/aromatic N) is 3. The molecule has 21 heavy (non-hydrogen) atoms. The number of aliphatic carboxylic acids is 1. The van der Waals surface area contributed by atoms with Gasteiger partial charge in [0.15, 0.2) is 0 Å². The van der Waals surface area contributed by atoms with Crippen molar-refractivity contribution in [3.8, 4) is 0 Å². The normalized spacial score (nSPS) is 12.5. The van der Waals surface area contributed by atoms with E-state index in [1.807, 2.05) is 0 Å². The topological polar surface area (TPSA) is 127 Å². The van der Waals surface area contributed by atoms with Crippen molar-refractivity contribution in [1.29, 1.82) is 0 Å². The van der Waals surface area contributed by atoms with E-state index >= 15 is 0 Å². The molecule has 1 atom stereocenters. The third-order valence-corrected chi connectivity index (χ3v) is 3.45. The van der Waals surface area contributed by atoms with Crippen LogP contribution >= 0.6 is 12.6 Å². The van der Waals surface area contributed by atoms with Crippen LogP contribution in [0.1, 0.15) is 6.92 Å². The average molecular weight is 315 g/mol. The van der Waals surface area contributed by atoms with Crippen molar-refractivity contribution >= 4 is 24.3 Å². The molecule has 0 aliphatic heterocycles. The Hall–Kier alpha value is -2.36. The molecule has 0 heterocycles. The lowest BCUT2D eigenvalue weighted by molar-refractivity contribution is -0.761. The zero-order valence-electron chi connectivity index (χ0n) is 10.9. The molecule has 0 fully saturated rings. The molecule has 0 spiro atoms. The van der Waals surface area contributed by atoms with Crippen molar-refractivity contribution in [3.63, 3.8) is 0 Å². The number of rotatable bonds is 7. The molecular formula is C11H13N3O6S. The van der Waals surface area contributed by atoms with E-state index in [-0.39, 0.29) is 6.54 Å². The fourth-order valence-corrected chi connectivity index (χ4v) is 2.16. The van der Waals surface area contributed by atoms with E-state index in [0.717, 1.165) is 4.90 Å². The maximum atomic E-state index is 11.4. The minimum Gasteiger partial charge on any atom is -0.479 e. The molecule has 10 heteroatoms. The highest BCUT2D eigenvalue weighted by Crippen LogP contribution is 2.29. The molecule has 1 aromatic carbocycles. The van der Waals surface area contributed by atoms with Crippen LogP contribution in [-0.4, -0.2) is 38.5 Å². The van der Waals surface area contributed by atoms with Gasteiger partial charge in [-0.3, -0.25) is 20.2 Å². The first-order valence-electron chi connectivity index (χ1n) is 5.82. The molecule has 0 aliphatic carbocycles. The van der Waals surface area contributed by atoms with Crippen molar-refractivity contribution in [3.05, 3.63) is 50.6 Å². The quantitative estimate of drug-likeness (QED) is 0.334. The largest absolute Gasteiger partial charge is 0.533 e. The number of carboxylic acids is 1. The van der Waals surface area contributed by atoms with E-state index in [1.54, 1.807) is 18.2 Å². The Morgan fingerprint density at radius 1 is 1.33 bits per heavy atom. The van der Waals surface area contributed by atoms with Gasteiger partial charge < -0.3 is 10.0 Å². The Morgan fingerprint density at radius 2 is 1.81 bits per heavy atom. The molecule has 0 saturated heterocycles. The van der Waals surface area contributed by atoms with Gasteiger partial charge in [0.05, 0.1) is 0 Å². The van der Waals surface area contributed by atoms with Gasteiger partial charge in [0.2, 0.25) is 0 Å². The van der Waals surface area contributed by atoms with Gasteiger partial charge in [0.25, 0.3) is 6.04 Å². The van der Waals surface area contributed by atoms with E-state index in [0.29, 0.717) is 5.69 Å². The number of hydrogen-bond donors (Lipinski definition) is 2. The number of carboxylic acid groups (broad SMARTS) is 1. The van der Waals surface area contributed by atoms with Crippen molar-refractivity contribution in [1.82, 2.24) is 0 Å². The Balaban J connectivity index is 3.43. The van der Waals surface area contributed by atoms with Crippen molar-refractivity contribution in [2.75, 3.05) is 11.4 Å². The summed E-state index contributed by atoms with van der Waals surface area (Å²) < 4.78 is 0. The number of hydrogen-bond acceptors (Lipinski definition) is 7. The van der Waals surface area contributed by atoms with Crippen LogP contribution in [0.15, 0.2) is 30.3 Å². The first kappa shape index (κ1) is 16.7. The van der Waals surface area contributed by atoms with Crippen LogP contribution in [-0.2, 0) is 4.79 Å². The van der Waals surface area contributed by atoms with Crippen LogP contribution in [0.4, 0.5) is 5.69 Å². The minimum atomic E-state index is -3.17. The Morgan fingerprint density at radius 3 is 2.14 bits per heavy atom. The lowest BCUT2D eigenvalue weighted by atomic mass is 10.1. The van der Waals surface area contributed by atoms with Crippen LogP contribution < -0.4 is 4.90 Å². The van der Waals surface area contributed by atoms with E-state index in [9.17, 15) is 30.1 Å². The molecule has 0 bridgehead atoms. The predicted octanol–water partition coefficient (Wildman–Crippen LogP) is 1.10. The highest BCUT2D eigenvalue weighted by atomic mass is 32.1. The zero-order valence-corrected chi connectivity index (χ0v) is 11.8. The highest BCUT2D eigenvalue weighted by Gasteiger charge is 2.66. The first-order valence-corrected chi connectivity index (χ1v) is 6.27. The number of thiol groups is 1. The van der Waals surface area contributed by atoms with Crippen LogP contribution in [0.25, 0.3) is 0 Å². The lowest BCUT2D eigenvalue weighted by Gasteiger charge is -2.30. The van der Waals surface area contributed by atoms with Gasteiger partial charge in [0, 0.05) is 12.2 Å². The van der Waals surface area contributed by atoms with Crippen LogP contribution in [0.3, 0.4) is 0 Å². The summed E-state index contributed by atoms with van der Waals surface area (Å²) in [5.41, 5.74) is 0.314. The van der Waals surface area contributed by atoms with Crippen molar-refractivity contribution < 1.29 is 19.7 Å². The summed E-state index contributed by atoms with van der Waals surface area (Å²) >= 11 is 3.47. The van der Waals surface area contributed by atoms with Crippen LogP contribution in [0.2, 0.25) is 0 Å². The van der Waals surface area contributed by atoms with Crippen LogP contribution in [0.5, 0.6) is 0 Å². The van der Waals surface area contributed by atoms with Gasteiger partial charge in [-0.1, -0.05) is 18.2 Å². The zero-order chi connectivity index (χ0) is 16.2. The summed E-state index contributed by atoms with van der Waals surface area (Å²) in [4.78, 5) is 28.8. The number of likely N-dealkylation sites (N-methyl/N-ethyl adjacent to an activating group) is 1. The maximum absolute atomic E-state index is 11.4. The highest BCUT2D eigenvalue weighted by molar-refractivity contribution is 7.81. The predicted molar refractivity (Wildman–Crippen MR) is 76.6 cm³/mol. The summed E-state index contributed by atoms with van der Waals surface area (Å²) in [7, 11) is 0. The van der Waals surface area contributed by atoms with Gasteiger partial charge in [0.1, 0.15) is 9.85 Å². The molecule has 0 radical (unpaired) electrons. The number of benzene rings is 1. The van der Waals surface area contributed by atoms with Crippen molar-refractivity contribution in [2.24, 2.45) is 0 Å². The summed E-state index contributed by atoms with van der Waals surface area (Å²) in [6.07, 6.45) is 0. The second-order valence-electron chi connectivity index (χ2n) is 4.06. The van der Waals surface area contributed by atoms with Gasteiger partial charge >= 0.3 is 11.0 Å². The number of carbonyl (C=O) groups is 1. The fraction of sp³-hybridized carbons (Fsp3) is 0.364. The van der Waals surface area contributed by atoms with E-state index in [4.69, 9.17) is 0 Å². The monoisotopic (exact) mass is 315 g/mol. The van der Waals surface area contributed by atoms with Gasteiger partial charge in [-0.05, 0) is 31.7 Å². The van der Waals surface area contributed by atoms with Crippen molar-refractivity contribution in [2.45, 2.75) is 18.0 Å². The number of nitro groups is 2. The Bertz CT molecular complexity index is 538. The van der Waals surface area contributed by atoms with Gasteiger partial charge in [-0.2, -0.15) is 0 Å². The fourth-order valence-electron chi connectivity index (χ4n) is 1.91. The third kappa shape index (κ3) is 3.05. The second kappa shape index (κ2) is 6.39. The van der Waals surface area contributed by atoms with Gasteiger partial charge in [-0.15, -0.1) is 0 Å². The van der Waals surface area contributed by atoms with E-state index in [1.165, 1.54) is 19.1 Å².